The van der Waals surface area contributed by atoms with Gasteiger partial charge >= 0.3 is 0 Å². The van der Waals surface area contributed by atoms with Crippen molar-refractivity contribution in [2.45, 2.75) is 36.0 Å². The average Bonchev–Trinajstić information content (AvgIpc) is 2.49. The molecule has 0 N–H and O–H groups in total. The summed E-state index contributed by atoms with van der Waals surface area (Å²) in [7, 11) is 0. The number of hydrogen-bond donors (Lipinski definition) is 0. The number of hydrogen-bond acceptors (Lipinski definition) is 3. The van der Waals surface area contributed by atoms with Crippen LogP contribution in [-0.4, -0.2) is 15.1 Å². The number of allylic oxidation sites excluding steroid dienone is 2. The predicted molar refractivity (Wildman–Crippen MR) is 96.0 cm³/mol. The molecule has 2 unspecified atom stereocenters. The third kappa shape index (κ3) is 2.59. The molecule has 0 saturated carbocycles. The van der Waals surface area contributed by atoms with Gasteiger partial charge in [-0.1, -0.05) is 66.8 Å². The molecule has 5 heteroatoms. The molecule has 4 nitrogen and oxygen atoms in total. The van der Waals surface area contributed by atoms with E-state index in [1.165, 1.54) is 0 Å². The fourth-order valence-corrected chi connectivity index (χ4v) is 4.14. The van der Waals surface area contributed by atoms with Gasteiger partial charge in [0.1, 0.15) is 5.76 Å². The lowest BCUT2D eigenvalue weighted by atomic mass is 9.68. The molecule has 1 aliphatic carbocycles. The summed E-state index contributed by atoms with van der Waals surface area (Å²) in [6, 6.07) is 11.5. The molecule has 1 aliphatic heterocycles. The zero-order chi connectivity index (χ0) is 16.8. The van der Waals surface area contributed by atoms with E-state index in [4.69, 9.17) is 4.74 Å². The maximum Gasteiger partial charge on any atom is 0.163 e. The summed E-state index contributed by atoms with van der Waals surface area (Å²) >= 11 is 1.89. The molecule has 1 aromatic carbocycles. The molecular weight excluding hydrogens is 403 g/mol. The van der Waals surface area contributed by atoms with Crippen LogP contribution in [0.3, 0.4) is 0 Å². The molecule has 0 amide bonds. The van der Waals surface area contributed by atoms with Gasteiger partial charge in [-0.2, -0.15) is 5.26 Å². The first-order valence-corrected chi connectivity index (χ1v) is 8.52. The first-order valence-electron chi connectivity index (χ1n) is 7.44. The standard InChI is InChI=1S/C18H16IN2O2/c1-17(2)8-12(22)14-13(9-17)23-16(21)18(19,10-20)15(14)11-6-4-3-5-7-11/h3-7,15H,8-9H2,1-2H3/q-1. The normalized spacial score (nSPS) is 29.6. The second kappa shape index (κ2) is 5.45. The van der Waals surface area contributed by atoms with E-state index < -0.39 is 9.34 Å². The number of carbonyl (C=O) groups is 1. The van der Waals surface area contributed by atoms with Crippen LogP contribution < -0.4 is 0 Å². The minimum absolute atomic E-state index is 0.00565. The van der Waals surface area contributed by atoms with E-state index in [0.29, 0.717) is 24.2 Å². The molecular formula is C18H16IN2O2-. The highest BCUT2D eigenvalue weighted by Crippen LogP contribution is 2.52. The Morgan fingerprint density at radius 2 is 1.96 bits per heavy atom. The van der Waals surface area contributed by atoms with Gasteiger partial charge in [-0.15, -0.1) is 0 Å². The molecule has 0 saturated heterocycles. The quantitative estimate of drug-likeness (QED) is 0.508. The second-order valence-electron chi connectivity index (χ2n) is 6.85. The summed E-state index contributed by atoms with van der Waals surface area (Å²) < 4.78 is 4.25. The summed E-state index contributed by atoms with van der Waals surface area (Å²) in [6.45, 7) is 4.01. The Morgan fingerprint density at radius 3 is 2.57 bits per heavy atom. The fraction of sp³-hybridized carbons (Fsp3) is 0.389. The van der Waals surface area contributed by atoms with Crippen LogP contribution in [0.15, 0.2) is 41.7 Å². The number of benzene rings is 1. The van der Waals surface area contributed by atoms with Gasteiger partial charge in [0.05, 0.1) is 6.07 Å². The number of halogens is 1. The van der Waals surface area contributed by atoms with Crippen molar-refractivity contribution in [3.05, 3.63) is 52.6 Å². The van der Waals surface area contributed by atoms with Crippen LogP contribution in [0.4, 0.5) is 0 Å². The number of ether oxygens (including phenoxy) is 1. The number of Topliss-reactive ketones (excluding diaryl/α,β-unsaturated/α-hetero) is 1. The lowest BCUT2D eigenvalue weighted by Gasteiger charge is -2.45. The molecule has 2 aliphatic rings. The van der Waals surface area contributed by atoms with Crippen LogP contribution >= 0.6 is 22.6 Å². The van der Waals surface area contributed by atoms with Gasteiger partial charge in [-0.25, -0.2) is 0 Å². The van der Waals surface area contributed by atoms with Crippen molar-refractivity contribution in [1.29, 1.82) is 5.26 Å². The topological polar surface area (TPSA) is 72.4 Å². The molecule has 0 radical (unpaired) electrons. The predicted octanol–water partition coefficient (Wildman–Crippen LogP) is 4.11. The second-order valence-corrected chi connectivity index (χ2v) is 8.55. The van der Waals surface area contributed by atoms with Crippen molar-refractivity contribution in [2.75, 3.05) is 0 Å². The Kier molecular flexibility index (Phi) is 3.83. The number of ketones is 1. The Balaban J connectivity index is 2.24. The van der Waals surface area contributed by atoms with Crippen LogP contribution in [-0.2, 0) is 9.53 Å². The minimum Gasteiger partial charge on any atom is -0.773 e. The van der Waals surface area contributed by atoms with E-state index in [9.17, 15) is 15.5 Å². The number of carbonyl (C=O) groups excluding carboxylic acids is 1. The van der Waals surface area contributed by atoms with E-state index in [0.717, 1.165) is 5.56 Å². The minimum atomic E-state index is -1.31. The molecule has 118 valence electrons. The van der Waals surface area contributed by atoms with Crippen LogP contribution in [0.25, 0.3) is 5.41 Å². The average molecular weight is 419 g/mol. The molecule has 3 rings (SSSR count). The number of nitrogens with zero attached hydrogens (tertiary/aromatic N) is 2. The van der Waals surface area contributed by atoms with Gasteiger partial charge < -0.3 is 10.1 Å². The fourth-order valence-electron chi connectivity index (χ4n) is 3.36. The third-order valence-electron chi connectivity index (χ3n) is 4.39. The lowest BCUT2D eigenvalue weighted by Crippen LogP contribution is -2.46. The Hall–Kier alpha value is -1.68. The summed E-state index contributed by atoms with van der Waals surface area (Å²) in [5.41, 5.74) is 1.15. The van der Waals surface area contributed by atoms with Crippen LogP contribution in [0.2, 0.25) is 0 Å². The molecule has 0 spiro atoms. The summed E-state index contributed by atoms with van der Waals surface area (Å²) in [6.07, 6.45) is 0.983. The van der Waals surface area contributed by atoms with Crippen LogP contribution in [0, 0.1) is 16.7 Å². The van der Waals surface area contributed by atoms with Gasteiger partial charge in [0, 0.05) is 30.2 Å². The first kappa shape index (κ1) is 16.2. The van der Waals surface area contributed by atoms with E-state index >= 15 is 0 Å². The molecule has 0 aromatic heterocycles. The first-order chi connectivity index (χ1) is 10.8. The van der Waals surface area contributed by atoms with Gasteiger partial charge in [0.15, 0.2) is 9.20 Å². The largest absolute Gasteiger partial charge is 0.773 e. The van der Waals surface area contributed by atoms with Crippen molar-refractivity contribution in [3.8, 4) is 6.07 Å². The van der Waals surface area contributed by atoms with Gasteiger partial charge in [-0.3, -0.25) is 4.79 Å². The number of nitriles is 1. The third-order valence-corrected chi connectivity index (χ3v) is 5.72. The summed E-state index contributed by atoms with van der Waals surface area (Å²) in [5.74, 6) is -0.366. The summed E-state index contributed by atoms with van der Waals surface area (Å²) in [5, 5.41) is 20.1. The molecule has 1 heterocycles. The Morgan fingerprint density at radius 1 is 1.30 bits per heavy atom. The van der Waals surface area contributed by atoms with Crippen LogP contribution in [0.1, 0.15) is 38.2 Å². The molecule has 2 atom stereocenters. The lowest BCUT2D eigenvalue weighted by molar-refractivity contribution is -0.119. The Bertz CT molecular complexity index is 761. The van der Waals surface area contributed by atoms with E-state index in [2.05, 4.69) is 6.07 Å². The van der Waals surface area contributed by atoms with E-state index in [1.807, 2.05) is 66.8 Å². The highest BCUT2D eigenvalue weighted by Gasteiger charge is 2.51. The molecule has 0 bridgehead atoms. The van der Waals surface area contributed by atoms with Crippen LogP contribution in [0.5, 0.6) is 0 Å². The summed E-state index contributed by atoms with van der Waals surface area (Å²) in [4.78, 5) is 12.8. The highest BCUT2D eigenvalue weighted by molar-refractivity contribution is 14.1. The monoisotopic (exact) mass is 419 g/mol. The van der Waals surface area contributed by atoms with Crippen molar-refractivity contribution in [2.24, 2.45) is 5.41 Å². The maximum absolute atomic E-state index is 12.8. The highest BCUT2D eigenvalue weighted by atomic mass is 127. The number of rotatable bonds is 1. The van der Waals surface area contributed by atoms with Gasteiger partial charge in [-0.05, 0) is 11.0 Å². The molecule has 23 heavy (non-hydrogen) atoms. The maximum atomic E-state index is 12.8. The van der Waals surface area contributed by atoms with Crippen molar-refractivity contribution in [1.82, 2.24) is 0 Å². The van der Waals surface area contributed by atoms with Crippen molar-refractivity contribution < 1.29 is 9.53 Å². The Labute approximate surface area is 149 Å². The van der Waals surface area contributed by atoms with Crippen molar-refractivity contribution in [3.63, 3.8) is 0 Å². The number of alkyl halides is 1. The van der Waals surface area contributed by atoms with Crippen molar-refractivity contribution >= 4 is 34.3 Å². The molecule has 1 aromatic rings. The van der Waals surface area contributed by atoms with E-state index in [-0.39, 0.29) is 17.1 Å². The smallest absolute Gasteiger partial charge is 0.163 e. The van der Waals surface area contributed by atoms with Gasteiger partial charge in [0.25, 0.3) is 0 Å². The van der Waals surface area contributed by atoms with Gasteiger partial charge in [0.2, 0.25) is 0 Å². The van der Waals surface area contributed by atoms with E-state index in [1.54, 1.807) is 0 Å². The SMILES string of the molecule is CC1(C)CC(=O)C2=C(C1)OC(=[N-])C(I)(C#N)C2c1ccccc1. The molecule has 0 fully saturated rings. The zero-order valence-electron chi connectivity index (χ0n) is 13.0. The zero-order valence-corrected chi connectivity index (χ0v) is 15.1.